The van der Waals surface area contributed by atoms with Gasteiger partial charge in [-0.2, -0.15) is 0 Å². The van der Waals surface area contributed by atoms with Crippen molar-refractivity contribution in [3.8, 4) is 5.75 Å². The van der Waals surface area contributed by atoms with Crippen LogP contribution in [0.1, 0.15) is 32.4 Å². The van der Waals surface area contributed by atoms with E-state index in [1.54, 1.807) is 7.11 Å². The lowest BCUT2D eigenvalue weighted by molar-refractivity contribution is 0.0986. The molecule has 0 aromatic heterocycles. The van der Waals surface area contributed by atoms with Gasteiger partial charge in [-0.15, -0.1) is 11.6 Å². The highest BCUT2D eigenvalue weighted by Gasteiger charge is 2.21. The summed E-state index contributed by atoms with van der Waals surface area (Å²) in [6, 6.07) is 13.1. The Morgan fingerprint density at radius 3 is 2.35 bits per heavy atom. The summed E-state index contributed by atoms with van der Waals surface area (Å²) < 4.78 is 5.26. The van der Waals surface area contributed by atoms with Crippen molar-refractivity contribution >= 4 is 17.4 Å². The summed E-state index contributed by atoms with van der Waals surface area (Å²) >= 11 is 6.31. The SMILES string of the molecule is COc1cc(C)c(C(=O)C(Cl)c2ccccc2)cc1C. The lowest BCUT2D eigenvalue weighted by Gasteiger charge is -2.13. The van der Waals surface area contributed by atoms with Crippen LogP contribution >= 0.6 is 11.6 Å². The fraction of sp³-hybridized carbons (Fsp3) is 0.235. The van der Waals surface area contributed by atoms with E-state index in [0.717, 1.165) is 22.4 Å². The minimum atomic E-state index is -0.664. The second-order valence-corrected chi connectivity index (χ2v) is 5.21. The second kappa shape index (κ2) is 6.10. The fourth-order valence-electron chi connectivity index (χ4n) is 2.18. The average molecular weight is 289 g/mol. The number of hydrogen-bond acceptors (Lipinski definition) is 2. The van der Waals surface area contributed by atoms with Gasteiger partial charge in [0.2, 0.25) is 0 Å². The monoisotopic (exact) mass is 288 g/mol. The molecule has 2 rings (SSSR count). The first-order chi connectivity index (χ1) is 9.54. The smallest absolute Gasteiger partial charge is 0.185 e. The Hall–Kier alpha value is -1.80. The Bertz CT molecular complexity index is 620. The van der Waals surface area contributed by atoms with Gasteiger partial charge in [0.05, 0.1) is 7.11 Å². The molecule has 0 bridgehead atoms. The van der Waals surface area contributed by atoms with Crippen LogP contribution in [0.25, 0.3) is 0 Å². The largest absolute Gasteiger partial charge is 0.496 e. The van der Waals surface area contributed by atoms with Gasteiger partial charge in [-0.3, -0.25) is 4.79 Å². The molecule has 0 N–H and O–H groups in total. The molecule has 0 heterocycles. The highest BCUT2D eigenvalue weighted by atomic mass is 35.5. The third-order valence-corrected chi connectivity index (χ3v) is 3.78. The van der Waals surface area contributed by atoms with Crippen LogP contribution in [0, 0.1) is 13.8 Å². The van der Waals surface area contributed by atoms with E-state index in [4.69, 9.17) is 16.3 Å². The van der Waals surface area contributed by atoms with E-state index < -0.39 is 5.38 Å². The van der Waals surface area contributed by atoms with Gasteiger partial charge < -0.3 is 4.74 Å². The third-order valence-electron chi connectivity index (χ3n) is 3.33. The van der Waals surface area contributed by atoms with E-state index in [2.05, 4.69) is 0 Å². The number of benzene rings is 2. The average Bonchev–Trinajstić information content (AvgIpc) is 2.48. The molecule has 2 nitrogen and oxygen atoms in total. The number of Topliss-reactive ketones (excluding diaryl/α,β-unsaturated/α-hetero) is 1. The van der Waals surface area contributed by atoms with Crippen molar-refractivity contribution in [1.29, 1.82) is 0 Å². The van der Waals surface area contributed by atoms with Gasteiger partial charge in [0, 0.05) is 5.56 Å². The lowest BCUT2D eigenvalue weighted by atomic mass is 9.96. The Labute approximate surface area is 124 Å². The molecule has 1 unspecified atom stereocenters. The van der Waals surface area contributed by atoms with Gasteiger partial charge in [-0.1, -0.05) is 30.3 Å². The van der Waals surface area contributed by atoms with Crippen molar-refractivity contribution in [1.82, 2.24) is 0 Å². The molecule has 0 aliphatic heterocycles. The molecular weight excluding hydrogens is 272 g/mol. The van der Waals surface area contributed by atoms with Gasteiger partial charge in [0.1, 0.15) is 11.1 Å². The van der Waals surface area contributed by atoms with Crippen LogP contribution in [0.2, 0.25) is 0 Å². The molecule has 2 aromatic rings. The number of hydrogen-bond donors (Lipinski definition) is 0. The molecule has 0 amide bonds. The Kier molecular flexibility index (Phi) is 4.46. The minimum absolute atomic E-state index is 0.0823. The molecule has 2 aromatic carbocycles. The van der Waals surface area contributed by atoms with Crippen molar-refractivity contribution in [2.24, 2.45) is 0 Å². The molecule has 3 heteroatoms. The highest BCUT2D eigenvalue weighted by Crippen LogP contribution is 2.29. The predicted octanol–water partition coefficient (Wildman–Crippen LogP) is 4.47. The van der Waals surface area contributed by atoms with Gasteiger partial charge in [-0.05, 0) is 42.7 Å². The molecule has 0 saturated heterocycles. The molecule has 0 spiro atoms. The lowest BCUT2D eigenvalue weighted by Crippen LogP contribution is -2.10. The first kappa shape index (κ1) is 14.6. The summed E-state index contributed by atoms with van der Waals surface area (Å²) in [5, 5.41) is -0.664. The first-order valence-corrected chi connectivity index (χ1v) is 6.86. The topological polar surface area (TPSA) is 26.3 Å². The number of ether oxygens (including phenoxy) is 1. The Morgan fingerprint density at radius 2 is 1.75 bits per heavy atom. The van der Waals surface area contributed by atoms with Crippen LogP contribution in [0.3, 0.4) is 0 Å². The van der Waals surface area contributed by atoms with E-state index in [-0.39, 0.29) is 5.78 Å². The third kappa shape index (κ3) is 2.86. The van der Waals surface area contributed by atoms with Gasteiger partial charge in [0.15, 0.2) is 5.78 Å². The van der Waals surface area contributed by atoms with Crippen LogP contribution in [0.15, 0.2) is 42.5 Å². The summed E-state index contributed by atoms with van der Waals surface area (Å²) in [4.78, 5) is 12.5. The molecular formula is C17H17ClO2. The minimum Gasteiger partial charge on any atom is -0.496 e. The van der Waals surface area contributed by atoms with Crippen LogP contribution in [0.4, 0.5) is 0 Å². The van der Waals surface area contributed by atoms with Crippen molar-refractivity contribution in [3.05, 3.63) is 64.7 Å². The van der Waals surface area contributed by atoms with Crippen molar-refractivity contribution in [2.75, 3.05) is 7.11 Å². The molecule has 0 radical (unpaired) electrons. The number of rotatable bonds is 4. The van der Waals surface area contributed by atoms with Gasteiger partial charge in [-0.25, -0.2) is 0 Å². The number of carbonyl (C=O) groups excluding carboxylic acids is 1. The maximum atomic E-state index is 12.5. The van der Waals surface area contributed by atoms with E-state index in [1.807, 2.05) is 56.3 Å². The summed E-state index contributed by atoms with van der Waals surface area (Å²) in [7, 11) is 1.62. The molecule has 1 atom stereocenters. The molecule has 0 aliphatic rings. The summed E-state index contributed by atoms with van der Waals surface area (Å²) in [5.41, 5.74) is 3.26. The van der Waals surface area contributed by atoms with Crippen LogP contribution in [-0.2, 0) is 0 Å². The molecule has 0 aliphatic carbocycles. The summed E-state index contributed by atoms with van der Waals surface area (Å²) in [5.74, 6) is 0.700. The second-order valence-electron chi connectivity index (χ2n) is 4.77. The maximum absolute atomic E-state index is 12.5. The zero-order chi connectivity index (χ0) is 14.7. The van der Waals surface area contributed by atoms with Gasteiger partial charge in [0.25, 0.3) is 0 Å². The fourth-order valence-corrected chi connectivity index (χ4v) is 2.45. The van der Waals surface area contributed by atoms with Gasteiger partial charge >= 0.3 is 0 Å². The normalized spacial score (nSPS) is 12.0. The van der Waals surface area contributed by atoms with Crippen LogP contribution in [0.5, 0.6) is 5.75 Å². The van der Waals surface area contributed by atoms with Crippen molar-refractivity contribution in [2.45, 2.75) is 19.2 Å². The van der Waals surface area contributed by atoms with E-state index in [0.29, 0.717) is 5.56 Å². The Morgan fingerprint density at radius 1 is 1.10 bits per heavy atom. The quantitative estimate of drug-likeness (QED) is 0.613. The number of methoxy groups -OCH3 is 1. The maximum Gasteiger partial charge on any atom is 0.185 e. The zero-order valence-corrected chi connectivity index (χ0v) is 12.6. The molecule has 0 saturated carbocycles. The number of halogens is 1. The van der Waals surface area contributed by atoms with E-state index in [9.17, 15) is 4.79 Å². The summed E-state index contributed by atoms with van der Waals surface area (Å²) in [6.07, 6.45) is 0. The Balaban J connectivity index is 2.37. The predicted molar refractivity (Wildman–Crippen MR) is 81.8 cm³/mol. The van der Waals surface area contributed by atoms with Crippen LogP contribution < -0.4 is 4.74 Å². The van der Waals surface area contributed by atoms with Crippen molar-refractivity contribution in [3.63, 3.8) is 0 Å². The standard InChI is InChI=1S/C17H17ClO2/c1-11-10-15(20-3)12(2)9-14(11)17(19)16(18)13-7-5-4-6-8-13/h4-10,16H,1-3H3. The van der Waals surface area contributed by atoms with E-state index >= 15 is 0 Å². The first-order valence-electron chi connectivity index (χ1n) is 6.43. The van der Waals surface area contributed by atoms with E-state index in [1.165, 1.54) is 0 Å². The zero-order valence-electron chi connectivity index (χ0n) is 11.8. The molecule has 20 heavy (non-hydrogen) atoms. The molecule has 0 fully saturated rings. The number of aryl methyl sites for hydroxylation is 2. The highest BCUT2D eigenvalue weighted by molar-refractivity contribution is 6.34. The summed E-state index contributed by atoms with van der Waals surface area (Å²) in [6.45, 7) is 3.81. The van der Waals surface area contributed by atoms with Crippen molar-refractivity contribution < 1.29 is 9.53 Å². The number of alkyl halides is 1. The molecule has 104 valence electrons. The number of carbonyl (C=O) groups is 1. The number of ketones is 1. The van der Waals surface area contributed by atoms with Crippen LogP contribution in [-0.4, -0.2) is 12.9 Å².